The van der Waals surface area contributed by atoms with E-state index in [0.29, 0.717) is 47.5 Å². The van der Waals surface area contributed by atoms with Gasteiger partial charge in [-0.1, -0.05) is 47.5 Å². The van der Waals surface area contributed by atoms with Gasteiger partial charge in [0.1, 0.15) is 28.3 Å². The quantitative estimate of drug-likeness (QED) is 0.231. The molecule has 2 heterocycles. The molecule has 5 rings (SSSR count). The zero-order valence-corrected chi connectivity index (χ0v) is 34.4. The second-order valence-corrected chi connectivity index (χ2v) is 17.3. The Balaban J connectivity index is 1.66. The van der Waals surface area contributed by atoms with E-state index in [4.69, 9.17) is 37.7 Å². The van der Waals surface area contributed by atoms with Gasteiger partial charge in [-0.2, -0.15) is 0 Å². The van der Waals surface area contributed by atoms with Crippen molar-refractivity contribution in [2.24, 2.45) is 4.99 Å². The zero-order chi connectivity index (χ0) is 39.5. The predicted molar refractivity (Wildman–Crippen MR) is 212 cm³/mol. The summed E-state index contributed by atoms with van der Waals surface area (Å²) in [6.07, 6.45) is 0. The van der Waals surface area contributed by atoms with Crippen LogP contribution in [0.1, 0.15) is 70.3 Å². The molecule has 0 aromatic heterocycles. The van der Waals surface area contributed by atoms with Gasteiger partial charge in [0.25, 0.3) is 0 Å². The number of piperazine rings is 1. The van der Waals surface area contributed by atoms with Crippen molar-refractivity contribution < 1.29 is 27.5 Å². The number of likely N-dealkylation sites (N-methyl/N-ethyl adjacent to an activating group) is 1. The van der Waals surface area contributed by atoms with Crippen LogP contribution in [0.2, 0.25) is 10.0 Å². The zero-order valence-electron chi connectivity index (χ0n) is 32.1. The molecule has 2 aliphatic rings. The van der Waals surface area contributed by atoms with Gasteiger partial charge in [0.15, 0.2) is 0 Å². The number of hydrogen-bond acceptors (Lipinski definition) is 8. The minimum atomic E-state index is -4.14. The largest absolute Gasteiger partial charge is 0.495 e. The third kappa shape index (κ3) is 9.31. The molecule has 3 aromatic carbocycles. The van der Waals surface area contributed by atoms with Gasteiger partial charge in [-0.15, -0.1) is 0 Å². The molecular weight excluding hydrogens is 751 g/mol. The minimum Gasteiger partial charge on any atom is -0.495 e. The Morgan fingerprint density at radius 2 is 1.52 bits per heavy atom. The summed E-state index contributed by atoms with van der Waals surface area (Å²) in [5.41, 5.74) is 1.06. The smallest absolute Gasteiger partial charge is 0.326 e. The highest BCUT2D eigenvalue weighted by Gasteiger charge is 2.45. The number of ether oxygens (including phenoxy) is 2. The number of halogens is 2. The monoisotopic (exact) mass is 800 g/mol. The summed E-state index contributed by atoms with van der Waals surface area (Å²) in [6.45, 7) is 13.2. The lowest BCUT2D eigenvalue weighted by molar-refractivity contribution is -0.132. The van der Waals surface area contributed by atoms with Crippen LogP contribution in [0.25, 0.3) is 0 Å². The van der Waals surface area contributed by atoms with E-state index >= 15 is 4.79 Å². The van der Waals surface area contributed by atoms with Crippen LogP contribution in [0.15, 0.2) is 70.6 Å². The molecule has 0 aliphatic carbocycles. The van der Waals surface area contributed by atoms with Crippen LogP contribution >= 0.6 is 23.2 Å². The number of rotatable bonds is 11. The van der Waals surface area contributed by atoms with Crippen molar-refractivity contribution in [1.29, 1.82) is 0 Å². The molecule has 3 amide bonds. The van der Waals surface area contributed by atoms with Crippen LogP contribution in [0.5, 0.6) is 11.5 Å². The lowest BCUT2D eigenvalue weighted by Crippen LogP contribution is -2.55. The second-order valence-electron chi connectivity index (χ2n) is 14.7. The second kappa shape index (κ2) is 16.9. The first kappa shape index (κ1) is 41.3. The molecule has 3 aromatic rings. The lowest BCUT2D eigenvalue weighted by Gasteiger charge is -2.39. The van der Waals surface area contributed by atoms with Gasteiger partial charge in [-0.3, -0.25) is 19.6 Å². The standard InChI is InChI=1S/C39H50Cl2N6O6S/c1-9-53-31-23-32(52-8)33(54(50,51)43-39(4,5)6)22-30(31)37-42-35(26-10-14-28(40)15-11-26)36(27-12-16-29(41)17-13-27)47(37)38(49)46-20-18-45(19-21-46)24-34(48)44(7)25(2)3/h10-17,22-23,25,35-36,43H,9,18-21,24H2,1-8H3/t35-,36+/m0/s1. The van der Waals surface area contributed by atoms with Gasteiger partial charge in [0, 0.05) is 60.9 Å². The maximum atomic E-state index is 15.1. The third-order valence-electron chi connectivity index (χ3n) is 9.40. The minimum absolute atomic E-state index is 0.0158. The average Bonchev–Trinajstić information content (AvgIpc) is 3.51. The van der Waals surface area contributed by atoms with Crippen LogP contribution in [-0.4, -0.2) is 111 Å². The summed E-state index contributed by atoms with van der Waals surface area (Å²) >= 11 is 12.7. The van der Waals surface area contributed by atoms with Crippen molar-refractivity contribution >= 4 is 51.0 Å². The lowest BCUT2D eigenvalue weighted by atomic mass is 9.93. The Hall–Kier alpha value is -3.88. The first-order valence-electron chi connectivity index (χ1n) is 18.0. The highest BCUT2D eigenvalue weighted by Crippen LogP contribution is 2.46. The number of methoxy groups -OCH3 is 1. The molecule has 0 radical (unpaired) electrons. The van der Waals surface area contributed by atoms with Crippen molar-refractivity contribution in [2.45, 2.75) is 70.1 Å². The first-order valence-corrected chi connectivity index (χ1v) is 20.2. The molecule has 292 valence electrons. The first-order chi connectivity index (χ1) is 25.4. The molecule has 1 saturated heterocycles. The molecule has 0 spiro atoms. The molecule has 12 nitrogen and oxygen atoms in total. The Morgan fingerprint density at radius 3 is 2.04 bits per heavy atom. The molecule has 2 aliphatic heterocycles. The summed E-state index contributed by atoms with van der Waals surface area (Å²) in [5.74, 6) is 0.619. The summed E-state index contributed by atoms with van der Waals surface area (Å²) in [4.78, 5) is 40.2. The summed E-state index contributed by atoms with van der Waals surface area (Å²) < 4.78 is 42.3. The number of carbonyl (C=O) groups excluding carboxylic acids is 2. The predicted octanol–water partition coefficient (Wildman–Crippen LogP) is 6.63. The number of sulfonamides is 1. The van der Waals surface area contributed by atoms with Crippen LogP contribution < -0.4 is 14.2 Å². The van der Waals surface area contributed by atoms with Crippen molar-refractivity contribution in [3.05, 3.63) is 87.4 Å². The highest BCUT2D eigenvalue weighted by atomic mass is 35.5. The molecule has 0 bridgehead atoms. The topological polar surface area (TPSA) is 124 Å². The number of amidine groups is 1. The number of hydrogen-bond donors (Lipinski definition) is 1. The Labute approximate surface area is 329 Å². The number of aliphatic imine (C=N–C) groups is 1. The Morgan fingerprint density at radius 1 is 0.944 bits per heavy atom. The number of carbonyl (C=O) groups is 2. The molecule has 54 heavy (non-hydrogen) atoms. The van der Waals surface area contributed by atoms with E-state index in [1.54, 1.807) is 66.8 Å². The normalized spacial score (nSPS) is 18.2. The maximum absolute atomic E-state index is 15.1. The third-order valence-corrected chi connectivity index (χ3v) is 11.7. The molecule has 1 fully saturated rings. The van der Waals surface area contributed by atoms with Gasteiger partial charge < -0.3 is 19.3 Å². The fourth-order valence-electron chi connectivity index (χ4n) is 6.51. The van der Waals surface area contributed by atoms with Gasteiger partial charge in [-0.25, -0.2) is 17.9 Å². The van der Waals surface area contributed by atoms with E-state index in [0.717, 1.165) is 11.1 Å². The van der Waals surface area contributed by atoms with E-state index in [-0.39, 0.29) is 47.6 Å². The van der Waals surface area contributed by atoms with E-state index < -0.39 is 27.6 Å². The van der Waals surface area contributed by atoms with Crippen molar-refractivity contribution in [3.63, 3.8) is 0 Å². The van der Waals surface area contributed by atoms with Gasteiger partial charge in [-0.05, 0) is 83.0 Å². The number of nitrogens with zero attached hydrogens (tertiary/aromatic N) is 5. The summed E-state index contributed by atoms with van der Waals surface area (Å²) in [6, 6.07) is 16.0. The number of urea groups is 1. The van der Waals surface area contributed by atoms with E-state index in [1.807, 2.05) is 49.9 Å². The molecule has 0 unspecified atom stereocenters. The molecular formula is C39H50Cl2N6O6S. The van der Waals surface area contributed by atoms with Crippen LogP contribution in [0.3, 0.4) is 0 Å². The van der Waals surface area contributed by atoms with E-state index in [2.05, 4.69) is 4.72 Å². The fraction of sp³-hybridized carbons (Fsp3) is 0.462. The van der Waals surface area contributed by atoms with Crippen molar-refractivity contribution in [3.8, 4) is 11.5 Å². The molecule has 15 heteroatoms. The average molecular weight is 802 g/mol. The van der Waals surface area contributed by atoms with Crippen molar-refractivity contribution in [2.75, 3.05) is 53.5 Å². The van der Waals surface area contributed by atoms with Gasteiger partial charge >= 0.3 is 6.03 Å². The fourth-order valence-corrected chi connectivity index (χ4v) is 8.36. The Kier molecular flexibility index (Phi) is 12.9. The van der Waals surface area contributed by atoms with Crippen molar-refractivity contribution in [1.82, 2.24) is 24.3 Å². The number of nitrogens with one attached hydrogen (secondary N) is 1. The van der Waals surface area contributed by atoms with Gasteiger partial charge in [0.2, 0.25) is 15.9 Å². The maximum Gasteiger partial charge on any atom is 0.326 e. The van der Waals surface area contributed by atoms with Crippen LogP contribution in [-0.2, 0) is 14.8 Å². The summed E-state index contributed by atoms with van der Waals surface area (Å²) in [7, 11) is -0.951. The van der Waals surface area contributed by atoms with E-state index in [9.17, 15) is 13.2 Å². The van der Waals surface area contributed by atoms with Crippen LogP contribution in [0.4, 0.5) is 4.79 Å². The highest BCUT2D eigenvalue weighted by molar-refractivity contribution is 7.89. The summed E-state index contributed by atoms with van der Waals surface area (Å²) in [5, 5.41) is 1.07. The SMILES string of the molecule is CCOc1cc(OC)c(S(=O)(=O)NC(C)(C)C)cc1C1=N[C@@H](c2ccc(Cl)cc2)[C@@H](c2ccc(Cl)cc2)N1C(=O)N1CCN(CC(=O)N(C)C(C)C)CC1. The number of amides is 3. The van der Waals surface area contributed by atoms with E-state index in [1.165, 1.54) is 19.2 Å². The molecule has 2 atom stereocenters. The van der Waals surface area contributed by atoms with Gasteiger partial charge in [0.05, 0.1) is 31.9 Å². The Bertz CT molecular complexity index is 1960. The number of benzene rings is 3. The molecule has 0 saturated carbocycles. The molecule has 1 N–H and O–H groups in total. The van der Waals surface area contributed by atoms with Crippen LogP contribution in [0, 0.1) is 0 Å².